The summed E-state index contributed by atoms with van der Waals surface area (Å²) in [5, 5.41) is 9.29. The van der Waals surface area contributed by atoms with E-state index < -0.39 is 0 Å². The van der Waals surface area contributed by atoms with Crippen molar-refractivity contribution < 1.29 is 14.6 Å². The molecule has 0 fully saturated rings. The molecule has 0 unspecified atom stereocenters. The van der Waals surface area contributed by atoms with Crippen LogP contribution >= 0.6 is 0 Å². The highest BCUT2D eigenvalue weighted by molar-refractivity contribution is 5.43. The Balaban J connectivity index is 2.05. The number of hydrogen-bond acceptors (Lipinski definition) is 3. The SMILES string of the molecule is CCOc1ccc(CCc2ccc(O)cc2)cc1OCC. The summed E-state index contributed by atoms with van der Waals surface area (Å²) in [6.45, 7) is 5.20. The molecule has 0 aliphatic carbocycles. The summed E-state index contributed by atoms with van der Waals surface area (Å²) >= 11 is 0. The van der Waals surface area contributed by atoms with Gasteiger partial charge in [0.15, 0.2) is 11.5 Å². The molecule has 2 aromatic rings. The Morgan fingerprint density at radius 2 is 1.33 bits per heavy atom. The third-order valence-corrected chi connectivity index (χ3v) is 3.25. The van der Waals surface area contributed by atoms with Gasteiger partial charge in [-0.2, -0.15) is 0 Å². The zero-order valence-electron chi connectivity index (χ0n) is 12.6. The van der Waals surface area contributed by atoms with Gasteiger partial charge in [-0.15, -0.1) is 0 Å². The summed E-state index contributed by atoms with van der Waals surface area (Å²) in [6.07, 6.45) is 1.86. The van der Waals surface area contributed by atoms with Gasteiger partial charge in [0.2, 0.25) is 0 Å². The van der Waals surface area contributed by atoms with Gasteiger partial charge in [0.1, 0.15) is 5.75 Å². The van der Waals surface area contributed by atoms with Crippen LogP contribution in [0.1, 0.15) is 25.0 Å². The van der Waals surface area contributed by atoms with E-state index in [2.05, 4.69) is 12.1 Å². The molecule has 112 valence electrons. The maximum absolute atomic E-state index is 9.29. The predicted molar refractivity (Wildman–Crippen MR) is 84.3 cm³/mol. The van der Waals surface area contributed by atoms with Gasteiger partial charge in [-0.1, -0.05) is 18.2 Å². The molecule has 0 bridgehead atoms. The van der Waals surface area contributed by atoms with Gasteiger partial charge >= 0.3 is 0 Å². The van der Waals surface area contributed by atoms with E-state index in [0.717, 1.165) is 24.3 Å². The molecule has 2 aromatic carbocycles. The van der Waals surface area contributed by atoms with E-state index >= 15 is 0 Å². The van der Waals surface area contributed by atoms with Crippen molar-refractivity contribution in [3.8, 4) is 17.2 Å². The maximum Gasteiger partial charge on any atom is 0.161 e. The van der Waals surface area contributed by atoms with Crippen LogP contribution in [-0.4, -0.2) is 18.3 Å². The minimum atomic E-state index is 0.304. The van der Waals surface area contributed by atoms with E-state index in [9.17, 15) is 5.11 Å². The van der Waals surface area contributed by atoms with Crippen molar-refractivity contribution in [1.82, 2.24) is 0 Å². The minimum Gasteiger partial charge on any atom is -0.508 e. The van der Waals surface area contributed by atoms with Crippen molar-refractivity contribution in [1.29, 1.82) is 0 Å². The lowest BCUT2D eigenvalue weighted by Crippen LogP contribution is -2.00. The summed E-state index contributed by atoms with van der Waals surface area (Å²) in [6, 6.07) is 13.4. The lowest BCUT2D eigenvalue weighted by molar-refractivity contribution is 0.287. The number of phenols is 1. The summed E-state index contributed by atoms with van der Waals surface area (Å²) in [5.74, 6) is 1.91. The molecule has 0 radical (unpaired) electrons. The summed E-state index contributed by atoms with van der Waals surface area (Å²) in [5.41, 5.74) is 2.43. The molecule has 0 saturated heterocycles. The van der Waals surface area contributed by atoms with E-state index in [4.69, 9.17) is 9.47 Å². The molecule has 0 aliphatic rings. The standard InChI is InChI=1S/C18H22O3/c1-3-20-17-12-9-15(13-18(17)21-4-2)6-5-14-7-10-16(19)11-8-14/h7-13,19H,3-6H2,1-2H3. The van der Waals surface area contributed by atoms with Gasteiger partial charge in [-0.25, -0.2) is 0 Å². The Kier molecular flexibility index (Phi) is 5.50. The van der Waals surface area contributed by atoms with Gasteiger partial charge in [-0.3, -0.25) is 0 Å². The average Bonchev–Trinajstić information content (AvgIpc) is 2.49. The van der Waals surface area contributed by atoms with Gasteiger partial charge < -0.3 is 14.6 Å². The Morgan fingerprint density at radius 3 is 2.00 bits per heavy atom. The maximum atomic E-state index is 9.29. The van der Waals surface area contributed by atoms with Gasteiger partial charge in [-0.05, 0) is 62.1 Å². The second-order valence-corrected chi connectivity index (χ2v) is 4.81. The van der Waals surface area contributed by atoms with Crippen LogP contribution in [0.15, 0.2) is 42.5 Å². The number of phenolic OH excluding ortho intramolecular Hbond substituents is 1. The molecule has 3 nitrogen and oxygen atoms in total. The smallest absolute Gasteiger partial charge is 0.161 e. The highest BCUT2D eigenvalue weighted by atomic mass is 16.5. The third kappa shape index (κ3) is 4.42. The topological polar surface area (TPSA) is 38.7 Å². The number of hydrogen-bond donors (Lipinski definition) is 1. The molecule has 21 heavy (non-hydrogen) atoms. The number of ether oxygens (including phenoxy) is 2. The van der Waals surface area contributed by atoms with E-state index in [1.54, 1.807) is 12.1 Å². The molecule has 1 N–H and O–H groups in total. The fourth-order valence-electron chi connectivity index (χ4n) is 2.20. The molecule has 0 aliphatic heterocycles. The lowest BCUT2D eigenvalue weighted by atomic mass is 10.0. The number of aromatic hydroxyl groups is 1. The second-order valence-electron chi connectivity index (χ2n) is 4.81. The first-order valence-electron chi connectivity index (χ1n) is 7.39. The normalized spacial score (nSPS) is 10.4. The molecule has 2 rings (SSSR count). The van der Waals surface area contributed by atoms with E-state index in [0.29, 0.717) is 19.0 Å². The molecule has 0 amide bonds. The molecule has 0 heterocycles. The number of benzene rings is 2. The van der Waals surface area contributed by atoms with Gasteiger partial charge in [0.05, 0.1) is 13.2 Å². The third-order valence-electron chi connectivity index (χ3n) is 3.25. The van der Waals surface area contributed by atoms with Crippen molar-refractivity contribution in [2.75, 3.05) is 13.2 Å². The number of rotatable bonds is 7. The quantitative estimate of drug-likeness (QED) is 0.837. The minimum absolute atomic E-state index is 0.304. The zero-order chi connectivity index (χ0) is 15.1. The van der Waals surface area contributed by atoms with Crippen molar-refractivity contribution in [2.24, 2.45) is 0 Å². The van der Waals surface area contributed by atoms with Crippen LogP contribution in [-0.2, 0) is 12.8 Å². The van der Waals surface area contributed by atoms with Crippen LogP contribution in [0.2, 0.25) is 0 Å². The lowest BCUT2D eigenvalue weighted by Gasteiger charge is -2.12. The summed E-state index contributed by atoms with van der Waals surface area (Å²) in [4.78, 5) is 0. The van der Waals surface area contributed by atoms with E-state index in [-0.39, 0.29) is 0 Å². The van der Waals surface area contributed by atoms with E-state index in [1.165, 1.54) is 11.1 Å². The van der Waals surface area contributed by atoms with Crippen LogP contribution in [0.25, 0.3) is 0 Å². The molecular formula is C18H22O3. The fourth-order valence-corrected chi connectivity index (χ4v) is 2.20. The van der Waals surface area contributed by atoms with Crippen LogP contribution in [0.5, 0.6) is 17.2 Å². The van der Waals surface area contributed by atoms with Crippen LogP contribution in [0, 0.1) is 0 Å². The van der Waals surface area contributed by atoms with Gasteiger partial charge in [0, 0.05) is 0 Å². The fraction of sp³-hybridized carbons (Fsp3) is 0.333. The predicted octanol–water partition coefficient (Wildman–Crippen LogP) is 3.97. The molecular weight excluding hydrogens is 264 g/mol. The van der Waals surface area contributed by atoms with Crippen molar-refractivity contribution in [3.63, 3.8) is 0 Å². The average molecular weight is 286 g/mol. The molecule has 3 heteroatoms. The van der Waals surface area contributed by atoms with Crippen LogP contribution < -0.4 is 9.47 Å². The zero-order valence-corrected chi connectivity index (χ0v) is 12.6. The summed E-state index contributed by atoms with van der Waals surface area (Å²) in [7, 11) is 0. The highest BCUT2D eigenvalue weighted by Crippen LogP contribution is 2.29. The first kappa shape index (κ1) is 15.2. The van der Waals surface area contributed by atoms with Crippen molar-refractivity contribution in [2.45, 2.75) is 26.7 Å². The highest BCUT2D eigenvalue weighted by Gasteiger charge is 2.06. The molecule has 0 atom stereocenters. The Hall–Kier alpha value is -2.16. The molecule has 0 spiro atoms. The van der Waals surface area contributed by atoms with Crippen molar-refractivity contribution in [3.05, 3.63) is 53.6 Å². The largest absolute Gasteiger partial charge is 0.508 e. The first-order chi connectivity index (χ1) is 10.2. The van der Waals surface area contributed by atoms with Gasteiger partial charge in [0.25, 0.3) is 0 Å². The van der Waals surface area contributed by atoms with Crippen LogP contribution in [0.4, 0.5) is 0 Å². The second kappa shape index (κ2) is 7.58. The number of aryl methyl sites for hydroxylation is 2. The molecule has 0 saturated carbocycles. The summed E-state index contributed by atoms with van der Waals surface area (Å²) < 4.78 is 11.2. The Labute approximate surface area is 126 Å². The Bertz CT molecular complexity index is 561. The van der Waals surface area contributed by atoms with Crippen molar-refractivity contribution >= 4 is 0 Å². The van der Waals surface area contributed by atoms with E-state index in [1.807, 2.05) is 32.0 Å². The molecule has 0 aromatic heterocycles. The van der Waals surface area contributed by atoms with Crippen LogP contribution in [0.3, 0.4) is 0 Å². The Morgan fingerprint density at radius 1 is 0.762 bits per heavy atom. The monoisotopic (exact) mass is 286 g/mol. The first-order valence-corrected chi connectivity index (χ1v) is 7.39.